The molecule has 2 aromatic carbocycles. The number of aryl methyl sites for hydroxylation is 2. The number of halogens is 1. The highest BCUT2D eigenvalue weighted by Gasteiger charge is 2.74. The van der Waals surface area contributed by atoms with Gasteiger partial charge < -0.3 is 29.7 Å². The normalized spacial score (nSPS) is 31.0. The van der Waals surface area contributed by atoms with Gasteiger partial charge in [0, 0.05) is 29.7 Å². The van der Waals surface area contributed by atoms with E-state index in [2.05, 4.69) is 21.2 Å². The number of β-amino-alcohol motifs (C(OH)–C–C–N with tert-alkyl or cyclic N) is 1. The maximum Gasteiger partial charge on any atom is 0.306 e. The predicted molar refractivity (Wildman–Crippen MR) is 169 cm³/mol. The molecule has 2 aromatic rings. The Morgan fingerprint density at radius 1 is 1.00 bits per heavy atom. The van der Waals surface area contributed by atoms with Crippen molar-refractivity contribution < 1.29 is 33.8 Å². The zero-order valence-electron chi connectivity index (χ0n) is 25.1. The van der Waals surface area contributed by atoms with Gasteiger partial charge in [-0.1, -0.05) is 76.6 Å². The molecular weight excluding hydrogens is 642 g/mol. The van der Waals surface area contributed by atoms with E-state index in [0.29, 0.717) is 16.6 Å². The number of anilines is 1. The summed E-state index contributed by atoms with van der Waals surface area (Å²) in [5, 5.41) is 13.0. The maximum absolute atomic E-state index is 14.9. The number of fused-ring (bicyclic) bond motifs is 2. The second-order valence-electron chi connectivity index (χ2n) is 11.9. The summed E-state index contributed by atoms with van der Waals surface area (Å²) in [5.41, 5.74) is 1.75. The summed E-state index contributed by atoms with van der Waals surface area (Å²) in [6, 6.07) is 13.1. The van der Waals surface area contributed by atoms with Crippen LogP contribution in [0.15, 0.2) is 71.2 Å². The Morgan fingerprint density at radius 2 is 1.73 bits per heavy atom. The van der Waals surface area contributed by atoms with Crippen LogP contribution >= 0.6 is 15.9 Å². The molecule has 1 spiro atoms. The first-order valence-electron chi connectivity index (χ1n) is 15.2. The summed E-state index contributed by atoms with van der Waals surface area (Å²) in [6.45, 7) is 3.46. The quantitative estimate of drug-likeness (QED) is 0.376. The number of carbonyl (C=O) groups excluding carboxylic acids is 4. The number of allylic oxidation sites excluding steroid dienone is 1. The molecule has 6 atom stereocenters. The number of rotatable bonds is 4. The van der Waals surface area contributed by atoms with Crippen molar-refractivity contribution in [1.29, 1.82) is 0 Å². The molecule has 2 saturated heterocycles. The highest BCUT2D eigenvalue weighted by molar-refractivity contribution is 9.11. The first kappa shape index (κ1) is 31.2. The first-order chi connectivity index (χ1) is 21.7. The number of cyclic esters (lactones) is 1. The topological polar surface area (TPSA) is 125 Å². The molecule has 5 bridgehead atoms. The van der Waals surface area contributed by atoms with Crippen LogP contribution in [0.4, 0.5) is 5.69 Å². The summed E-state index contributed by atoms with van der Waals surface area (Å²) in [6.07, 6.45) is 5.15. The number of aliphatic hydroxyl groups excluding tert-OH is 1. The Morgan fingerprint density at radius 3 is 2.44 bits per heavy atom. The molecule has 0 radical (unpaired) electrons. The number of carbonyl (C=O) groups is 4. The third-order valence-electron chi connectivity index (χ3n) is 9.18. The zero-order chi connectivity index (χ0) is 31.9. The molecule has 2 N–H and O–H groups in total. The van der Waals surface area contributed by atoms with Gasteiger partial charge in [0.05, 0.1) is 24.5 Å². The van der Waals surface area contributed by atoms with Gasteiger partial charge in [0.15, 0.2) is 0 Å². The molecule has 3 amide bonds. The van der Waals surface area contributed by atoms with E-state index in [1.165, 1.54) is 4.90 Å². The lowest BCUT2D eigenvalue weighted by molar-refractivity contribution is -0.145. The maximum atomic E-state index is 14.9. The Labute approximate surface area is 270 Å². The first-order valence-corrected chi connectivity index (χ1v) is 16.0. The van der Waals surface area contributed by atoms with E-state index in [1.54, 1.807) is 11.0 Å². The summed E-state index contributed by atoms with van der Waals surface area (Å²) in [7, 11) is 0. The zero-order valence-corrected chi connectivity index (χ0v) is 26.7. The summed E-state index contributed by atoms with van der Waals surface area (Å²) >= 11 is 3.58. The molecular formula is C34H36BrN3O7. The standard InChI is InChI=1S/C34H36BrN3O7/c1-20-10-9-11-21(2)28(20)37-15-8-4-7-14-25(40)44-19-24(22-12-5-3-6-13-22)36-31(41)26-27-32(42)38(16-17-39)30(33(37)43)34(27)18-23(35)29(26)45-34/h3-6,8-13,18,24,26-27,29-30,39H,7,14-17,19H2,1-2H3,(H,36,41)/b8-4-/t24-,26-,27+,29-,30-,34+/m0/s1. The van der Waals surface area contributed by atoms with E-state index in [0.717, 1.165) is 16.7 Å². The molecule has 4 aliphatic rings. The van der Waals surface area contributed by atoms with Crippen molar-refractivity contribution in [3.63, 3.8) is 0 Å². The molecule has 45 heavy (non-hydrogen) atoms. The lowest BCUT2D eigenvalue weighted by atomic mass is 9.74. The fourth-order valence-electron chi connectivity index (χ4n) is 7.24. The van der Waals surface area contributed by atoms with Crippen LogP contribution in [0.1, 0.15) is 35.6 Å². The van der Waals surface area contributed by atoms with Crippen LogP contribution in [-0.2, 0) is 28.7 Å². The van der Waals surface area contributed by atoms with E-state index in [1.807, 2.05) is 74.5 Å². The monoisotopic (exact) mass is 677 g/mol. The highest BCUT2D eigenvalue weighted by Crippen LogP contribution is 2.58. The summed E-state index contributed by atoms with van der Waals surface area (Å²) in [5.74, 6) is -3.66. The van der Waals surface area contributed by atoms with E-state index >= 15 is 0 Å². The molecule has 0 saturated carbocycles. The van der Waals surface area contributed by atoms with E-state index < -0.39 is 53.4 Å². The van der Waals surface area contributed by atoms with E-state index in [9.17, 15) is 24.3 Å². The van der Waals surface area contributed by atoms with Crippen LogP contribution in [-0.4, -0.2) is 77.7 Å². The molecule has 11 heteroatoms. The second-order valence-corrected chi connectivity index (χ2v) is 12.9. The van der Waals surface area contributed by atoms with Crippen molar-refractivity contribution >= 4 is 45.3 Å². The van der Waals surface area contributed by atoms with Gasteiger partial charge in [-0.15, -0.1) is 0 Å². The molecule has 10 nitrogen and oxygen atoms in total. The fraction of sp³-hybridized carbons (Fsp3) is 0.412. The minimum absolute atomic E-state index is 0.0879. The lowest BCUT2D eigenvalue weighted by Gasteiger charge is -2.36. The summed E-state index contributed by atoms with van der Waals surface area (Å²) < 4.78 is 12.7. The number of amides is 3. The Hall–Kier alpha value is -3.80. The van der Waals surface area contributed by atoms with E-state index in [4.69, 9.17) is 9.47 Å². The minimum atomic E-state index is -1.43. The minimum Gasteiger partial charge on any atom is -0.463 e. The van der Waals surface area contributed by atoms with Gasteiger partial charge >= 0.3 is 5.97 Å². The van der Waals surface area contributed by atoms with Crippen molar-refractivity contribution in [3.05, 3.63) is 87.9 Å². The number of nitrogens with one attached hydrogen (secondary N) is 1. The number of benzene rings is 2. The Kier molecular flexibility index (Phi) is 8.69. The molecule has 4 heterocycles. The van der Waals surface area contributed by atoms with Crippen LogP contribution in [0.5, 0.6) is 0 Å². The number of esters is 1. The molecule has 0 aliphatic carbocycles. The largest absolute Gasteiger partial charge is 0.463 e. The molecule has 236 valence electrons. The highest BCUT2D eigenvalue weighted by atomic mass is 79.9. The molecule has 0 aromatic heterocycles. The van der Waals surface area contributed by atoms with Gasteiger partial charge in [0.25, 0.3) is 5.91 Å². The predicted octanol–water partition coefficient (Wildman–Crippen LogP) is 3.25. The van der Waals surface area contributed by atoms with Gasteiger partial charge in [-0.05, 0) is 43.0 Å². The number of aliphatic hydroxyl groups is 1. The van der Waals surface area contributed by atoms with Crippen molar-refractivity contribution in [1.82, 2.24) is 10.2 Å². The van der Waals surface area contributed by atoms with Crippen LogP contribution in [0.2, 0.25) is 0 Å². The van der Waals surface area contributed by atoms with Gasteiger partial charge in [0.2, 0.25) is 11.8 Å². The Balaban J connectivity index is 1.47. The van der Waals surface area contributed by atoms with Crippen LogP contribution in [0.3, 0.4) is 0 Å². The number of likely N-dealkylation sites (tertiary alicyclic amines) is 1. The number of nitrogens with zero attached hydrogens (tertiary/aromatic N) is 2. The average Bonchev–Trinajstić information content (AvgIpc) is 3.61. The van der Waals surface area contributed by atoms with E-state index in [-0.39, 0.29) is 38.6 Å². The van der Waals surface area contributed by atoms with Crippen molar-refractivity contribution in [3.8, 4) is 0 Å². The van der Waals surface area contributed by atoms with Gasteiger partial charge in [-0.3, -0.25) is 19.2 Å². The SMILES string of the molecule is Cc1cccc(C)c1N1C/C=C\CCC(=O)OC[C@@H](c2ccccc2)NC(=O)[C@@H]2[C@H]3O[C@@]4(C=C3Br)[C@H](C1=O)N(CCO)C(=O)[C@@H]24. The second kappa shape index (κ2) is 12.5. The number of ether oxygens (including phenoxy) is 2. The van der Waals surface area contributed by atoms with Crippen LogP contribution in [0.25, 0.3) is 0 Å². The van der Waals surface area contributed by atoms with Crippen molar-refractivity contribution in [2.24, 2.45) is 11.8 Å². The number of hydrogen-bond donors (Lipinski definition) is 2. The van der Waals surface area contributed by atoms with Crippen molar-refractivity contribution in [2.75, 3.05) is 31.2 Å². The molecule has 4 aliphatic heterocycles. The van der Waals surface area contributed by atoms with Crippen LogP contribution < -0.4 is 10.2 Å². The molecule has 2 fully saturated rings. The van der Waals surface area contributed by atoms with Gasteiger partial charge in [-0.2, -0.15) is 0 Å². The molecule has 0 unspecified atom stereocenters. The smallest absolute Gasteiger partial charge is 0.306 e. The average molecular weight is 679 g/mol. The number of hydrogen-bond acceptors (Lipinski definition) is 7. The number of para-hydroxylation sites is 1. The van der Waals surface area contributed by atoms with Gasteiger partial charge in [0.1, 0.15) is 24.4 Å². The Bertz CT molecular complexity index is 1560. The third kappa shape index (κ3) is 5.40. The van der Waals surface area contributed by atoms with Crippen LogP contribution in [0, 0.1) is 25.7 Å². The lowest BCUT2D eigenvalue weighted by Crippen LogP contribution is -2.56. The third-order valence-corrected chi connectivity index (χ3v) is 9.86. The van der Waals surface area contributed by atoms with Gasteiger partial charge in [-0.25, -0.2) is 0 Å². The molecule has 6 rings (SSSR count). The fourth-order valence-corrected chi connectivity index (χ4v) is 7.97. The van der Waals surface area contributed by atoms with Crippen molar-refractivity contribution in [2.45, 2.75) is 50.5 Å². The summed E-state index contributed by atoms with van der Waals surface area (Å²) in [4.78, 5) is 59.0.